The van der Waals surface area contributed by atoms with Crippen LogP contribution in [0.2, 0.25) is 0 Å². The molecular formula is C18H23NO. The number of nitrogens with one attached hydrogen (secondary N) is 1. The summed E-state index contributed by atoms with van der Waals surface area (Å²) in [7, 11) is 1.72. The highest BCUT2D eigenvalue weighted by atomic mass is 16.5. The molecule has 20 heavy (non-hydrogen) atoms. The zero-order valence-electron chi connectivity index (χ0n) is 12.5. The first-order chi connectivity index (χ1) is 9.76. The molecule has 0 aliphatic heterocycles. The normalized spacial score (nSPS) is 12.2. The number of rotatable bonds is 6. The summed E-state index contributed by atoms with van der Waals surface area (Å²) in [6.07, 6.45) is 1.07. The number of ether oxygens (including phenoxy) is 1. The summed E-state index contributed by atoms with van der Waals surface area (Å²) in [5.41, 5.74) is 3.98. The predicted molar refractivity (Wildman–Crippen MR) is 84.1 cm³/mol. The third-order valence-electron chi connectivity index (χ3n) is 3.70. The van der Waals surface area contributed by atoms with E-state index in [1.54, 1.807) is 7.11 Å². The number of hydrogen-bond donors (Lipinski definition) is 1. The number of aryl methyl sites for hydroxylation is 1. The number of hydrogen-bond acceptors (Lipinski definition) is 2. The zero-order chi connectivity index (χ0) is 14.4. The van der Waals surface area contributed by atoms with Gasteiger partial charge in [-0.05, 0) is 30.5 Å². The maximum atomic E-state index is 5.42. The Labute approximate surface area is 121 Å². The summed E-state index contributed by atoms with van der Waals surface area (Å²) in [5, 5.41) is 3.58. The molecule has 2 rings (SSSR count). The minimum absolute atomic E-state index is 0.260. The standard InChI is InChI=1S/C18H23NO/c1-4-15-9-5-6-10-16(15)13-19-14(2)17-11-7-8-12-18(17)20-3/h5-12,14,19H,4,13H2,1-3H3/t14-/m1/s1. The molecule has 106 valence electrons. The van der Waals surface area contributed by atoms with Gasteiger partial charge in [-0.1, -0.05) is 49.4 Å². The van der Waals surface area contributed by atoms with Gasteiger partial charge in [-0.2, -0.15) is 0 Å². The van der Waals surface area contributed by atoms with E-state index in [9.17, 15) is 0 Å². The quantitative estimate of drug-likeness (QED) is 0.852. The van der Waals surface area contributed by atoms with Gasteiger partial charge in [-0.25, -0.2) is 0 Å². The molecule has 0 fully saturated rings. The second kappa shape index (κ2) is 7.11. The van der Waals surface area contributed by atoms with Crippen LogP contribution in [0.1, 0.15) is 36.6 Å². The molecule has 2 aromatic carbocycles. The maximum Gasteiger partial charge on any atom is 0.123 e. The van der Waals surface area contributed by atoms with Crippen molar-refractivity contribution in [1.29, 1.82) is 0 Å². The van der Waals surface area contributed by atoms with Crippen LogP contribution in [0, 0.1) is 0 Å². The van der Waals surface area contributed by atoms with Gasteiger partial charge in [-0.15, -0.1) is 0 Å². The number of benzene rings is 2. The van der Waals surface area contributed by atoms with Crippen LogP contribution < -0.4 is 10.1 Å². The molecule has 0 spiro atoms. The van der Waals surface area contributed by atoms with E-state index in [1.807, 2.05) is 12.1 Å². The molecule has 1 atom stereocenters. The molecule has 0 aliphatic carbocycles. The molecule has 0 amide bonds. The Morgan fingerprint density at radius 2 is 1.65 bits per heavy atom. The van der Waals surface area contributed by atoms with Gasteiger partial charge in [0.05, 0.1) is 7.11 Å². The summed E-state index contributed by atoms with van der Waals surface area (Å²) >= 11 is 0. The summed E-state index contributed by atoms with van der Waals surface area (Å²) in [6, 6.07) is 17.0. The maximum absolute atomic E-state index is 5.42. The molecule has 0 saturated heterocycles. The average molecular weight is 269 g/mol. The second-order valence-corrected chi connectivity index (χ2v) is 4.97. The third kappa shape index (κ3) is 3.40. The van der Waals surface area contributed by atoms with Gasteiger partial charge in [0.15, 0.2) is 0 Å². The van der Waals surface area contributed by atoms with Gasteiger partial charge in [0.1, 0.15) is 5.75 Å². The Balaban J connectivity index is 2.07. The summed E-state index contributed by atoms with van der Waals surface area (Å²) in [4.78, 5) is 0. The molecule has 2 heteroatoms. The molecule has 0 saturated carbocycles. The Kier molecular flexibility index (Phi) is 5.19. The number of para-hydroxylation sites is 1. The van der Waals surface area contributed by atoms with Crippen molar-refractivity contribution in [3.05, 3.63) is 65.2 Å². The Morgan fingerprint density at radius 1 is 1.00 bits per heavy atom. The Morgan fingerprint density at radius 3 is 2.35 bits per heavy atom. The van der Waals surface area contributed by atoms with E-state index in [0.717, 1.165) is 18.7 Å². The Hall–Kier alpha value is -1.80. The van der Waals surface area contributed by atoms with Crippen LogP contribution in [0.4, 0.5) is 0 Å². The van der Waals surface area contributed by atoms with Crippen LogP contribution in [-0.2, 0) is 13.0 Å². The summed E-state index contributed by atoms with van der Waals surface area (Å²) < 4.78 is 5.42. The lowest BCUT2D eigenvalue weighted by molar-refractivity contribution is 0.401. The monoisotopic (exact) mass is 269 g/mol. The highest BCUT2D eigenvalue weighted by Crippen LogP contribution is 2.24. The Bertz CT molecular complexity index is 551. The zero-order valence-corrected chi connectivity index (χ0v) is 12.5. The van der Waals surface area contributed by atoms with E-state index in [-0.39, 0.29) is 6.04 Å². The van der Waals surface area contributed by atoms with Gasteiger partial charge in [0, 0.05) is 18.2 Å². The lowest BCUT2D eigenvalue weighted by Gasteiger charge is -2.18. The molecule has 0 heterocycles. The smallest absolute Gasteiger partial charge is 0.123 e. The van der Waals surface area contributed by atoms with Crippen LogP contribution in [-0.4, -0.2) is 7.11 Å². The van der Waals surface area contributed by atoms with Crippen molar-refractivity contribution < 1.29 is 4.74 Å². The van der Waals surface area contributed by atoms with Crippen molar-refractivity contribution in [3.63, 3.8) is 0 Å². The molecule has 0 aromatic heterocycles. The molecule has 0 bridgehead atoms. The second-order valence-electron chi connectivity index (χ2n) is 4.97. The van der Waals surface area contributed by atoms with Crippen LogP contribution in [0.25, 0.3) is 0 Å². The van der Waals surface area contributed by atoms with Crippen molar-refractivity contribution in [1.82, 2.24) is 5.32 Å². The minimum Gasteiger partial charge on any atom is -0.496 e. The van der Waals surface area contributed by atoms with Crippen LogP contribution >= 0.6 is 0 Å². The van der Waals surface area contributed by atoms with Crippen molar-refractivity contribution in [2.45, 2.75) is 32.9 Å². The van der Waals surface area contributed by atoms with Crippen LogP contribution in [0.3, 0.4) is 0 Å². The fourth-order valence-electron chi connectivity index (χ4n) is 2.47. The lowest BCUT2D eigenvalue weighted by atomic mass is 10.0. The SMILES string of the molecule is CCc1ccccc1CN[C@H](C)c1ccccc1OC. The summed E-state index contributed by atoms with van der Waals surface area (Å²) in [6.45, 7) is 5.25. The van der Waals surface area contributed by atoms with Gasteiger partial charge in [0.2, 0.25) is 0 Å². The molecular weight excluding hydrogens is 246 g/mol. The van der Waals surface area contributed by atoms with Crippen LogP contribution in [0.15, 0.2) is 48.5 Å². The highest BCUT2D eigenvalue weighted by molar-refractivity contribution is 5.35. The van der Waals surface area contributed by atoms with E-state index in [1.165, 1.54) is 16.7 Å². The molecule has 1 N–H and O–H groups in total. The molecule has 0 radical (unpaired) electrons. The fraction of sp³-hybridized carbons (Fsp3) is 0.333. The third-order valence-corrected chi connectivity index (χ3v) is 3.70. The van der Waals surface area contributed by atoms with E-state index in [4.69, 9.17) is 4.74 Å². The molecule has 2 nitrogen and oxygen atoms in total. The van der Waals surface area contributed by atoms with Crippen molar-refractivity contribution >= 4 is 0 Å². The number of methoxy groups -OCH3 is 1. The molecule has 2 aromatic rings. The van der Waals surface area contributed by atoms with E-state index in [2.05, 4.69) is 55.6 Å². The highest BCUT2D eigenvalue weighted by Gasteiger charge is 2.10. The minimum atomic E-state index is 0.260. The predicted octanol–water partition coefficient (Wildman–Crippen LogP) is 4.11. The van der Waals surface area contributed by atoms with E-state index >= 15 is 0 Å². The first-order valence-corrected chi connectivity index (χ1v) is 7.19. The first kappa shape index (κ1) is 14.6. The van der Waals surface area contributed by atoms with E-state index in [0.29, 0.717) is 0 Å². The molecule has 0 unspecified atom stereocenters. The van der Waals surface area contributed by atoms with Gasteiger partial charge in [-0.3, -0.25) is 0 Å². The first-order valence-electron chi connectivity index (χ1n) is 7.19. The van der Waals surface area contributed by atoms with Crippen molar-refractivity contribution in [3.8, 4) is 5.75 Å². The average Bonchev–Trinajstić information content (AvgIpc) is 2.52. The van der Waals surface area contributed by atoms with Crippen molar-refractivity contribution in [2.75, 3.05) is 7.11 Å². The van der Waals surface area contributed by atoms with Gasteiger partial charge < -0.3 is 10.1 Å². The van der Waals surface area contributed by atoms with Gasteiger partial charge >= 0.3 is 0 Å². The largest absolute Gasteiger partial charge is 0.496 e. The topological polar surface area (TPSA) is 21.3 Å². The summed E-state index contributed by atoms with van der Waals surface area (Å²) in [5.74, 6) is 0.941. The molecule has 0 aliphatic rings. The van der Waals surface area contributed by atoms with E-state index < -0.39 is 0 Å². The van der Waals surface area contributed by atoms with Crippen LogP contribution in [0.5, 0.6) is 5.75 Å². The lowest BCUT2D eigenvalue weighted by Crippen LogP contribution is -2.19. The fourth-order valence-corrected chi connectivity index (χ4v) is 2.47. The van der Waals surface area contributed by atoms with Gasteiger partial charge in [0.25, 0.3) is 0 Å². The van der Waals surface area contributed by atoms with Crippen molar-refractivity contribution in [2.24, 2.45) is 0 Å².